The second-order valence-electron chi connectivity index (χ2n) is 3.50. The van der Waals surface area contributed by atoms with Gasteiger partial charge < -0.3 is 5.11 Å². The second kappa shape index (κ2) is 3.73. The summed E-state index contributed by atoms with van der Waals surface area (Å²) in [6, 6.07) is 5.77. The molecule has 6 nitrogen and oxygen atoms in total. The van der Waals surface area contributed by atoms with E-state index >= 15 is 0 Å². The van der Waals surface area contributed by atoms with Crippen LogP contribution in [0.4, 0.5) is 0 Å². The van der Waals surface area contributed by atoms with Crippen LogP contribution in [0.1, 0.15) is 21.7 Å². The molecular weight excluding hydrogens is 208 g/mol. The van der Waals surface area contributed by atoms with Crippen LogP contribution in [0.2, 0.25) is 0 Å². The third kappa shape index (κ3) is 1.77. The van der Waals surface area contributed by atoms with Crippen LogP contribution in [0.15, 0.2) is 18.2 Å². The van der Waals surface area contributed by atoms with Crippen molar-refractivity contribution in [2.75, 3.05) is 0 Å². The van der Waals surface area contributed by atoms with Gasteiger partial charge in [-0.1, -0.05) is 12.1 Å². The van der Waals surface area contributed by atoms with Crippen LogP contribution in [-0.4, -0.2) is 31.3 Å². The van der Waals surface area contributed by atoms with Crippen molar-refractivity contribution in [3.05, 3.63) is 35.2 Å². The van der Waals surface area contributed by atoms with Crippen molar-refractivity contribution >= 4 is 5.97 Å². The van der Waals surface area contributed by atoms with Gasteiger partial charge in [0.1, 0.15) is 0 Å². The minimum absolute atomic E-state index is 0.305. The molecule has 0 unspecified atom stereocenters. The molecule has 0 saturated heterocycles. The Balaban J connectivity index is 2.50. The zero-order valence-corrected chi connectivity index (χ0v) is 8.88. The van der Waals surface area contributed by atoms with E-state index in [1.54, 1.807) is 0 Å². The maximum atomic E-state index is 10.6. The van der Waals surface area contributed by atoms with Crippen LogP contribution in [0.25, 0.3) is 5.69 Å². The third-order valence-corrected chi connectivity index (χ3v) is 2.19. The summed E-state index contributed by atoms with van der Waals surface area (Å²) in [5.74, 6) is -1.49. The van der Waals surface area contributed by atoms with Gasteiger partial charge in [-0.3, -0.25) is 0 Å². The van der Waals surface area contributed by atoms with Gasteiger partial charge in [-0.15, -0.1) is 15.0 Å². The normalized spacial score (nSPS) is 10.4. The molecule has 1 aromatic heterocycles. The molecule has 2 aromatic rings. The summed E-state index contributed by atoms with van der Waals surface area (Å²) in [4.78, 5) is 11.8. The van der Waals surface area contributed by atoms with Crippen LogP contribution in [0, 0.1) is 13.8 Å². The number of carboxylic acid groups (broad SMARTS) is 1. The van der Waals surface area contributed by atoms with E-state index < -0.39 is 5.97 Å². The maximum absolute atomic E-state index is 10.6. The molecule has 0 aliphatic rings. The van der Waals surface area contributed by atoms with Gasteiger partial charge in [0.2, 0.25) is 0 Å². The highest BCUT2D eigenvalue weighted by Gasteiger charge is 2.12. The molecule has 0 atom stereocenters. The predicted molar refractivity (Wildman–Crippen MR) is 55.6 cm³/mol. The Morgan fingerprint density at radius 3 is 2.75 bits per heavy atom. The molecule has 0 radical (unpaired) electrons. The highest BCUT2D eigenvalue weighted by atomic mass is 16.4. The number of carboxylic acids is 1. The first-order valence-corrected chi connectivity index (χ1v) is 4.69. The molecule has 0 aliphatic carbocycles. The smallest absolute Gasteiger partial charge is 0.377 e. The minimum atomic E-state index is -1.18. The van der Waals surface area contributed by atoms with Crippen molar-refractivity contribution in [1.29, 1.82) is 0 Å². The van der Waals surface area contributed by atoms with E-state index in [1.807, 2.05) is 32.0 Å². The lowest BCUT2D eigenvalue weighted by Gasteiger charge is -2.03. The summed E-state index contributed by atoms with van der Waals surface area (Å²) in [6.07, 6.45) is 0. The fourth-order valence-electron chi connectivity index (χ4n) is 1.34. The fraction of sp³-hybridized carbons (Fsp3) is 0.200. The Labute approximate surface area is 91.5 Å². The molecule has 1 N–H and O–H groups in total. The quantitative estimate of drug-likeness (QED) is 0.812. The van der Waals surface area contributed by atoms with E-state index in [0.29, 0.717) is 0 Å². The molecule has 0 fully saturated rings. The van der Waals surface area contributed by atoms with Gasteiger partial charge in [0.15, 0.2) is 0 Å². The molecule has 2 rings (SSSR count). The Kier molecular flexibility index (Phi) is 2.40. The number of benzene rings is 1. The van der Waals surface area contributed by atoms with Crippen LogP contribution in [0.3, 0.4) is 0 Å². The maximum Gasteiger partial charge on any atom is 0.377 e. The van der Waals surface area contributed by atoms with Crippen molar-refractivity contribution in [2.24, 2.45) is 0 Å². The number of aromatic carboxylic acids is 1. The van der Waals surface area contributed by atoms with Crippen LogP contribution in [-0.2, 0) is 0 Å². The van der Waals surface area contributed by atoms with Gasteiger partial charge in [0, 0.05) is 0 Å². The summed E-state index contributed by atoms with van der Waals surface area (Å²) in [7, 11) is 0. The number of tetrazole rings is 1. The van der Waals surface area contributed by atoms with Crippen molar-refractivity contribution in [3.8, 4) is 5.69 Å². The average Bonchev–Trinajstić information content (AvgIpc) is 2.70. The molecule has 0 bridgehead atoms. The Hall–Kier alpha value is -2.24. The van der Waals surface area contributed by atoms with Gasteiger partial charge >= 0.3 is 5.97 Å². The number of hydrogen-bond donors (Lipinski definition) is 1. The average molecular weight is 218 g/mol. The van der Waals surface area contributed by atoms with Gasteiger partial charge in [0.05, 0.1) is 5.69 Å². The van der Waals surface area contributed by atoms with E-state index in [9.17, 15) is 4.79 Å². The Morgan fingerprint density at radius 2 is 2.12 bits per heavy atom. The number of aromatic nitrogens is 4. The Bertz CT molecular complexity index is 548. The molecule has 1 heterocycles. The number of aryl methyl sites for hydroxylation is 2. The summed E-state index contributed by atoms with van der Waals surface area (Å²) in [5, 5.41) is 19.6. The first kappa shape index (κ1) is 10.3. The largest absolute Gasteiger partial charge is 0.475 e. The molecule has 16 heavy (non-hydrogen) atoms. The topological polar surface area (TPSA) is 80.9 Å². The predicted octanol–water partition coefficient (Wildman–Crippen LogP) is 0.977. The van der Waals surface area contributed by atoms with Gasteiger partial charge in [-0.05, 0) is 36.3 Å². The molecule has 82 valence electrons. The first-order valence-electron chi connectivity index (χ1n) is 4.69. The third-order valence-electron chi connectivity index (χ3n) is 2.19. The summed E-state index contributed by atoms with van der Waals surface area (Å²) >= 11 is 0. The molecule has 6 heteroatoms. The van der Waals surface area contributed by atoms with Gasteiger partial charge in [0.25, 0.3) is 5.82 Å². The number of carbonyl (C=O) groups is 1. The summed E-state index contributed by atoms with van der Waals surface area (Å²) in [6.45, 7) is 3.84. The van der Waals surface area contributed by atoms with E-state index in [4.69, 9.17) is 5.11 Å². The van der Waals surface area contributed by atoms with E-state index in [1.165, 1.54) is 4.80 Å². The van der Waals surface area contributed by atoms with Crippen molar-refractivity contribution < 1.29 is 9.90 Å². The summed E-state index contributed by atoms with van der Waals surface area (Å²) in [5.41, 5.74) is 2.75. The monoisotopic (exact) mass is 218 g/mol. The molecule has 0 saturated carbocycles. The highest BCUT2D eigenvalue weighted by Crippen LogP contribution is 2.13. The summed E-state index contributed by atoms with van der Waals surface area (Å²) < 4.78 is 0. The molecule has 0 spiro atoms. The molecule has 1 aromatic carbocycles. The van der Waals surface area contributed by atoms with E-state index in [0.717, 1.165) is 16.8 Å². The second-order valence-corrected chi connectivity index (χ2v) is 3.50. The minimum Gasteiger partial charge on any atom is -0.475 e. The van der Waals surface area contributed by atoms with E-state index in [2.05, 4.69) is 15.4 Å². The van der Waals surface area contributed by atoms with E-state index in [-0.39, 0.29) is 5.82 Å². The SMILES string of the molecule is Cc1ccc(C)c(-n2nnc(C(=O)O)n2)c1. The fourth-order valence-corrected chi connectivity index (χ4v) is 1.34. The standard InChI is InChI=1S/C10H10N4O2/c1-6-3-4-7(2)8(5-6)14-12-9(10(15)16)11-13-14/h3-5H,1-2H3,(H,15,16). The number of rotatable bonds is 2. The number of hydrogen-bond acceptors (Lipinski definition) is 4. The first-order chi connectivity index (χ1) is 7.58. The molecular formula is C10H10N4O2. The lowest BCUT2D eigenvalue weighted by atomic mass is 10.1. The van der Waals surface area contributed by atoms with Crippen LogP contribution < -0.4 is 0 Å². The van der Waals surface area contributed by atoms with Crippen LogP contribution in [0.5, 0.6) is 0 Å². The lowest BCUT2D eigenvalue weighted by Crippen LogP contribution is -2.04. The van der Waals surface area contributed by atoms with Gasteiger partial charge in [-0.2, -0.15) is 0 Å². The zero-order chi connectivity index (χ0) is 11.7. The molecule has 0 aliphatic heterocycles. The van der Waals surface area contributed by atoms with Crippen molar-refractivity contribution in [1.82, 2.24) is 20.2 Å². The lowest BCUT2D eigenvalue weighted by molar-refractivity contribution is 0.0683. The highest BCUT2D eigenvalue weighted by molar-refractivity contribution is 5.82. The van der Waals surface area contributed by atoms with Gasteiger partial charge in [-0.25, -0.2) is 4.79 Å². The zero-order valence-electron chi connectivity index (χ0n) is 8.88. The molecule has 0 amide bonds. The van der Waals surface area contributed by atoms with Crippen LogP contribution >= 0.6 is 0 Å². The van der Waals surface area contributed by atoms with Crippen molar-refractivity contribution in [3.63, 3.8) is 0 Å². The van der Waals surface area contributed by atoms with Crippen molar-refractivity contribution in [2.45, 2.75) is 13.8 Å². The number of nitrogens with zero attached hydrogens (tertiary/aromatic N) is 4. The Morgan fingerprint density at radius 1 is 1.38 bits per heavy atom.